The van der Waals surface area contributed by atoms with Gasteiger partial charge in [-0.1, -0.05) is 5.43 Å². The van der Waals surface area contributed by atoms with Crippen LogP contribution in [-0.2, 0) is 20.5 Å². The van der Waals surface area contributed by atoms with Crippen molar-refractivity contribution in [3.8, 4) is 0 Å². The van der Waals surface area contributed by atoms with Crippen LogP contribution < -0.4 is 11.0 Å². The Balaban J connectivity index is 2.30. The summed E-state index contributed by atoms with van der Waals surface area (Å²) in [5.41, 5.74) is 2.69. The Hall–Kier alpha value is -2.71. The maximum Gasteiger partial charge on any atom is 0.278 e. The highest BCUT2D eigenvalue weighted by molar-refractivity contribution is 5.26. The second-order valence-corrected chi connectivity index (χ2v) is 4.07. The molecule has 2 aromatic heterocycles. The summed E-state index contributed by atoms with van der Waals surface area (Å²) in [5, 5.41) is 13.6. The Kier molecular flexibility index (Phi) is 3.27. The molecule has 0 bridgehead atoms. The number of hydrogen-bond donors (Lipinski definition) is 1. The molecule has 2 heterocycles. The highest BCUT2D eigenvalue weighted by Crippen LogP contribution is 2.06. The molecule has 9 heteroatoms. The van der Waals surface area contributed by atoms with Gasteiger partial charge in [-0.2, -0.15) is 10.1 Å². The molecule has 0 saturated carbocycles. The molecule has 2 aromatic rings. The molecule has 2 rings (SSSR count). The smallest absolute Gasteiger partial charge is 0.278 e. The van der Waals surface area contributed by atoms with Gasteiger partial charge in [-0.15, -0.1) is 0 Å². The average molecular weight is 264 g/mol. The fourth-order valence-corrected chi connectivity index (χ4v) is 1.69. The van der Waals surface area contributed by atoms with E-state index in [-0.39, 0.29) is 5.95 Å². The fraction of sp³-hybridized carbons (Fsp3) is 0.300. The van der Waals surface area contributed by atoms with Crippen molar-refractivity contribution in [2.45, 2.75) is 6.42 Å². The van der Waals surface area contributed by atoms with Gasteiger partial charge in [0.1, 0.15) is 0 Å². The van der Waals surface area contributed by atoms with Crippen LogP contribution >= 0.6 is 0 Å². The lowest BCUT2D eigenvalue weighted by Crippen LogP contribution is -2.22. The molecule has 0 aliphatic heterocycles. The van der Waals surface area contributed by atoms with Crippen LogP contribution in [0.3, 0.4) is 0 Å². The Morgan fingerprint density at radius 1 is 1.42 bits per heavy atom. The standard InChI is InChI=1S/C10H12N6O3/c1-14-6-8(3-7-4-11-15(2)5-7)9(17)12-10(14)13-16(18)19/h4-6H,3H2,1-2H3,(H,12,13,17). The minimum atomic E-state index is -0.761. The van der Waals surface area contributed by atoms with Crippen molar-refractivity contribution in [1.29, 1.82) is 0 Å². The lowest BCUT2D eigenvalue weighted by molar-refractivity contribution is -0.446. The lowest BCUT2D eigenvalue weighted by Gasteiger charge is -2.06. The number of nitro groups is 1. The molecule has 0 aromatic carbocycles. The Bertz CT molecular complexity index is 674. The fourth-order valence-electron chi connectivity index (χ4n) is 1.69. The molecule has 0 aliphatic rings. The van der Waals surface area contributed by atoms with Gasteiger partial charge in [0, 0.05) is 38.5 Å². The Morgan fingerprint density at radius 2 is 2.16 bits per heavy atom. The number of hydrogen-bond acceptors (Lipinski definition) is 5. The molecule has 100 valence electrons. The molecule has 0 spiro atoms. The van der Waals surface area contributed by atoms with E-state index in [0.29, 0.717) is 12.0 Å². The highest BCUT2D eigenvalue weighted by Gasteiger charge is 2.10. The van der Waals surface area contributed by atoms with Crippen LogP contribution in [0.1, 0.15) is 11.1 Å². The number of anilines is 1. The third-order valence-electron chi connectivity index (χ3n) is 2.51. The lowest BCUT2D eigenvalue weighted by atomic mass is 10.1. The highest BCUT2D eigenvalue weighted by atomic mass is 16.7. The van der Waals surface area contributed by atoms with Gasteiger partial charge >= 0.3 is 0 Å². The van der Waals surface area contributed by atoms with Gasteiger partial charge in [0.2, 0.25) is 0 Å². The van der Waals surface area contributed by atoms with Gasteiger partial charge in [0.05, 0.1) is 6.20 Å². The number of nitrogens with one attached hydrogen (secondary N) is 1. The SMILES string of the molecule is Cn1cc(Cc2cn(C)c(N[N+](=O)[O-])nc2=O)cn1. The normalized spacial score (nSPS) is 10.4. The molecule has 0 unspecified atom stereocenters. The molecule has 1 N–H and O–H groups in total. The summed E-state index contributed by atoms with van der Waals surface area (Å²) in [6, 6.07) is 0. The maximum absolute atomic E-state index is 11.8. The van der Waals surface area contributed by atoms with Crippen molar-refractivity contribution >= 4 is 5.95 Å². The molecular weight excluding hydrogens is 252 g/mol. The van der Waals surface area contributed by atoms with Crippen molar-refractivity contribution in [2.24, 2.45) is 14.1 Å². The van der Waals surface area contributed by atoms with Crippen LogP contribution in [0, 0.1) is 10.1 Å². The summed E-state index contributed by atoms with van der Waals surface area (Å²) in [7, 11) is 3.36. The van der Waals surface area contributed by atoms with Crippen molar-refractivity contribution < 1.29 is 5.03 Å². The van der Waals surface area contributed by atoms with Gasteiger partial charge in [-0.25, -0.2) is 10.1 Å². The maximum atomic E-state index is 11.8. The van der Waals surface area contributed by atoms with Crippen molar-refractivity contribution in [3.05, 3.63) is 50.2 Å². The molecule has 19 heavy (non-hydrogen) atoms. The molecule has 0 fully saturated rings. The summed E-state index contributed by atoms with van der Waals surface area (Å²) in [5.74, 6) is -0.107. The number of rotatable bonds is 4. The predicted molar refractivity (Wildman–Crippen MR) is 66.1 cm³/mol. The molecular formula is C10H12N6O3. The van der Waals surface area contributed by atoms with E-state index in [4.69, 9.17) is 0 Å². The van der Waals surface area contributed by atoms with Crippen LogP contribution in [0.5, 0.6) is 0 Å². The first kappa shape index (κ1) is 12.7. The quantitative estimate of drug-likeness (QED) is 0.600. The van der Waals surface area contributed by atoms with E-state index >= 15 is 0 Å². The minimum Gasteiger partial charge on any atom is -0.317 e. The third-order valence-corrected chi connectivity index (χ3v) is 2.51. The van der Waals surface area contributed by atoms with Crippen LogP contribution in [0.15, 0.2) is 23.4 Å². The Morgan fingerprint density at radius 3 is 2.74 bits per heavy atom. The van der Waals surface area contributed by atoms with E-state index in [1.54, 1.807) is 31.2 Å². The largest absolute Gasteiger partial charge is 0.317 e. The zero-order chi connectivity index (χ0) is 14.0. The summed E-state index contributed by atoms with van der Waals surface area (Å²) < 4.78 is 3.03. The number of hydrazine groups is 1. The first-order valence-electron chi connectivity index (χ1n) is 5.41. The van der Waals surface area contributed by atoms with Crippen LogP contribution in [-0.4, -0.2) is 24.4 Å². The van der Waals surface area contributed by atoms with E-state index in [9.17, 15) is 14.9 Å². The topological polar surface area (TPSA) is 108 Å². The molecule has 0 saturated heterocycles. The zero-order valence-corrected chi connectivity index (χ0v) is 10.4. The number of aromatic nitrogens is 4. The number of aryl methyl sites for hydroxylation is 2. The second kappa shape index (κ2) is 4.88. The zero-order valence-electron chi connectivity index (χ0n) is 10.4. The van der Waals surface area contributed by atoms with E-state index < -0.39 is 10.6 Å². The molecule has 9 nitrogen and oxygen atoms in total. The van der Waals surface area contributed by atoms with Crippen molar-refractivity contribution in [1.82, 2.24) is 19.3 Å². The summed E-state index contributed by atoms with van der Waals surface area (Å²) in [6.07, 6.45) is 5.35. The van der Waals surface area contributed by atoms with E-state index in [1.165, 1.54) is 10.8 Å². The van der Waals surface area contributed by atoms with Gasteiger partial charge < -0.3 is 4.57 Å². The number of nitrogens with zero attached hydrogens (tertiary/aromatic N) is 5. The Labute approximate surface area is 107 Å². The van der Waals surface area contributed by atoms with Crippen molar-refractivity contribution in [3.63, 3.8) is 0 Å². The van der Waals surface area contributed by atoms with Crippen LogP contribution in [0.2, 0.25) is 0 Å². The van der Waals surface area contributed by atoms with E-state index in [2.05, 4.69) is 10.1 Å². The van der Waals surface area contributed by atoms with Gasteiger partial charge in [-0.3, -0.25) is 9.48 Å². The summed E-state index contributed by atoms with van der Waals surface area (Å²) >= 11 is 0. The molecule has 0 amide bonds. The van der Waals surface area contributed by atoms with Gasteiger partial charge in [0.15, 0.2) is 5.03 Å². The van der Waals surface area contributed by atoms with Gasteiger partial charge in [-0.05, 0) is 5.56 Å². The first-order chi connectivity index (χ1) is 8.95. The second-order valence-electron chi connectivity index (χ2n) is 4.07. The molecule has 0 atom stereocenters. The summed E-state index contributed by atoms with van der Waals surface area (Å²) in [6.45, 7) is 0. The van der Waals surface area contributed by atoms with Gasteiger partial charge in [0.25, 0.3) is 11.5 Å². The van der Waals surface area contributed by atoms with Crippen LogP contribution in [0.4, 0.5) is 5.95 Å². The average Bonchev–Trinajstić information content (AvgIpc) is 2.70. The van der Waals surface area contributed by atoms with E-state index in [1.807, 2.05) is 5.43 Å². The monoisotopic (exact) mass is 264 g/mol. The van der Waals surface area contributed by atoms with Crippen molar-refractivity contribution in [2.75, 3.05) is 5.43 Å². The third kappa shape index (κ3) is 2.94. The molecule has 0 radical (unpaired) electrons. The first-order valence-corrected chi connectivity index (χ1v) is 5.41. The van der Waals surface area contributed by atoms with Crippen LogP contribution in [0.25, 0.3) is 0 Å². The van der Waals surface area contributed by atoms with E-state index in [0.717, 1.165) is 5.56 Å². The predicted octanol–water partition coefficient (Wildman–Crippen LogP) is -0.292. The minimum absolute atomic E-state index is 0.107. The summed E-state index contributed by atoms with van der Waals surface area (Å²) in [4.78, 5) is 25.8. The molecule has 0 aliphatic carbocycles.